The highest BCUT2D eigenvalue weighted by Gasteiger charge is 2.21. The van der Waals surface area contributed by atoms with Crippen LogP contribution in [0, 0.1) is 0 Å². The molecule has 1 amide bonds. The largest absolute Gasteiger partial charge is 0.483 e. The van der Waals surface area contributed by atoms with Gasteiger partial charge in [0.15, 0.2) is 18.1 Å². The van der Waals surface area contributed by atoms with Gasteiger partial charge in [-0.1, -0.05) is 18.2 Å². The number of carbonyl (C=O) groups excluding carboxylic acids is 1. The minimum Gasteiger partial charge on any atom is -0.483 e. The van der Waals surface area contributed by atoms with E-state index in [1.54, 1.807) is 0 Å². The van der Waals surface area contributed by atoms with Crippen molar-refractivity contribution in [2.75, 3.05) is 13.4 Å². The predicted molar refractivity (Wildman–Crippen MR) is 94.2 cm³/mol. The summed E-state index contributed by atoms with van der Waals surface area (Å²) in [4.78, 5) is 12.1. The first-order valence-corrected chi connectivity index (χ1v) is 8.78. The first-order valence-electron chi connectivity index (χ1n) is 8.78. The lowest BCUT2D eigenvalue weighted by molar-refractivity contribution is -0.123. The molecule has 26 heavy (non-hydrogen) atoms. The van der Waals surface area contributed by atoms with Crippen LogP contribution in [0.25, 0.3) is 0 Å². The van der Waals surface area contributed by atoms with Gasteiger partial charge in [0.2, 0.25) is 6.79 Å². The van der Waals surface area contributed by atoms with E-state index in [1.165, 1.54) is 0 Å². The normalized spacial score (nSPS) is 17.5. The molecule has 6 nitrogen and oxygen atoms in total. The zero-order valence-electron chi connectivity index (χ0n) is 14.4. The molecule has 0 aromatic heterocycles. The van der Waals surface area contributed by atoms with Gasteiger partial charge in [0.25, 0.3) is 5.91 Å². The van der Waals surface area contributed by atoms with E-state index in [1.807, 2.05) is 36.4 Å². The fourth-order valence-electron chi connectivity index (χ4n) is 3.37. The number of aliphatic hydroxyl groups excluding tert-OH is 1. The van der Waals surface area contributed by atoms with Gasteiger partial charge in [0, 0.05) is 6.54 Å². The zero-order valence-corrected chi connectivity index (χ0v) is 14.4. The monoisotopic (exact) mass is 355 g/mol. The molecule has 1 atom stereocenters. The number of benzene rings is 2. The van der Waals surface area contributed by atoms with Crippen LogP contribution in [-0.2, 0) is 17.8 Å². The lowest BCUT2D eigenvalue weighted by Crippen LogP contribution is -2.28. The zero-order chi connectivity index (χ0) is 17.9. The molecule has 1 heterocycles. The molecule has 2 aromatic rings. The molecule has 0 spiro atoms. The molecular weight excluding hydrogens is 334 g/mol. The second-order valence-corrected chi connectivity index (χ2v) is 6.48. The van der Waals surface area contributed by atoms with Gasteiger partial charge in [-0.2, -0.15) is 0 Å². The van der Waals surface area contributed by atoms with Crippen molar-refractivity contribution in [3.8, 4) is 17.2 Å². The number of nitrogens with one attached hydrogen (secondary N) is 1. The molecule has 136 valence electrons. The summed E-state index contributed by atoms with van der Waals surface area (Å²) < 4.78 is 16.3. The van der Waals surface area contributed by atoms with Crippen molar-refractivity contribution >= 4 is 5.91 Å². The Bertz CT molecular complexity index is 820. The first kappa shape index (κ1) is 16.7. The third-order valence-electron chi connectivity index (χ3n) is 4.72. The van der Waals surface area contributed by atoms with Crippen LogP contribution in [0.2, 0.25) is 0 Å². The second kappa shape index (κ2) is 7.25. The molecule has 0 saturated carbocycles. The lowest BCUT2D eigenvalue weighted by atomic mass is 9.89. The van der Waals surface area contributed by atoms with Crippen LogP contribution in [0.4, 0.5) is 0 Å². The van der Waals surface area contributed by atoms with E-state index >= 15 is 0 Å². The van der Waals surface area contributed by atoms with E-state index in [0.717, 1.165) is 41.7 Å². The van der Waals surface area contributed by atoms with Gasteiger partial charge >= 0.3 is 0 Å². The third kappa shape index (κ3) is 3.46. The minimum absolute atomic E-state index is 0.0584. The van der Waals surface area contributed by atoms with Crippen molar-refractivity contribution in [2.24, 2.45) is 0 Å². The Morgan fingerprint density at radius 2 is 2.12 bits per heavy atom. The van der Waals surface area contributed by atoms with Crippen LogP contribution in [0.15, 0.2) is 36.4 Å². The summed E-state index contributed by atoms with van der Waals surface area (Å²) in [6.07, 6.45) is 2.11. The quantitative estimate of drug-likeness (QED) is 0.862. The van der Waals surface area contributed by atoms with Gasteiger partial charge in [-0.15, -0.1) is 0 Å². The van der Waals surface area contributed by atoms with E-state index in [0.29, 0.717) is 18.0 Å². The minimum atomic E-state index is -0.442. The van der Waals surface area contributed by atoms with E-state index in [4.69, 9.17) is 14.2 Å². The maximum Gasteiger partial charge on any atom is 0.258 e. The van der Waals surface area contributed by atoms with Crippen LogP contribution in [0.5, 0.6) is 17.2 Å². The molecule has 4 rings (SSSR count). The number of rotatable bonds is 5. The van der Waals surface area contributed by atoms with Crippen molar-refractivity contribution in [1.82, 2.24) is 5.32 Å². The Kier molecular flexibility index (Phi) is 4.67. The summed E-state index contributed by atoms with van der Waals surface area (Å²) in [5, 5.41) is 12.9. The van der Waals surface area contributed by atoms with E-state index in [9.17, 15) is 9.90 Å². The van der Waals surface area contributed by atoms with Crippen LogP contribution in [0.3, 0.4) is 0 Å². The van der Waals surface area contributed by atoms with E-state index in [-0.39, 0.29) is 19.3 Å². The van der Waals surface area contributed by atoms with Crippen LogP contribution in [0.1, 0.15) is 35.6 Å². The lowest BCUT2D eigenvalue weighted by Gasteiger charge is -2.23. The molecular formula is C20H21NO5. The Morgan fingerprint density at radius 1 is 1.23 bits per heavy atom. The molecule has 0 fully saturated rings. The molecule has 0 unspecified atom stereocenters. The summed E-state index contributed by atoms with van der Waals surface area (Å²) in [7, 11) is 0. The molecule has 0 radical (unpaired) electrons. The van der Waals surface area contributed by atoms with E-state index in [2.05, 4.69) is 5.32 Å². The summed E-state index contributed by atoms with van der Waals surface area (Å²) in [6.45, 7) is 0.566. The van der Waals surface area contributed by atoms with Gasteiger partial charge < -0.3 is 24.6 Å². The summed E-state index contributed by atoms with van der Waals surface area (Å²) >= 11 is 0. The average Bonchev–Trinajstić information content (AvgIpc) is 3.13. The topological polar surface area (TPSA) is 77.0 Å². The predicted octanol–water partition coefficient (Wildman–Crippen LogP) is 2.48. The second-order valence-electron chi connectivity index (χ2n) is 6.48. The van der Waals surface area contributed by atoms with Crippen molar-refractivity contribution in [3.05, 3.63) is 53.1 Å². The number of hydrogen-bond acceptors (Lipinski definition) is 5. The van der Waals surface area contributed by atoms with Gasteiger partial charge in [-0.05, 0) is 54.2 Å². The Labute approximate surface area is 151 Å². The number of fused-ring (bicyclic) bond motifs is 2. The SMILES string of the molecule is O=C(COc1cccc2c1CCC[C@H]2O)NCc1ccc2c(c1)OCO2. The fraction of sp³-hybridized carbons (Fsp3) is 0.350. The van der Waals surface area contributed by atoms with Crippen molar-refractivity contribution in [1.29, 1.82) is 0 Å². The Balaban J connectivity index is 1.33. The van der Waals surface area contributed by atoms with Gasteiger partial charge in [-0.25, -0.2) is 0 Å². The number of amides is 1. The first-order chi connectivity index (χ1) is 12.7. The maximum atomic E-state index is 12.1. The number of carbonyl (C=O) groups is 1. The molecule has 2 aromatic carbocycles. The molecule has 6 heteroatoms. The number of hydrogen-bond donors (Lipinski definition) is 2. The third-order valence-corrected chi connectivity index (χ3v) is 4.72. The number of ether oxygens (including phenoxy) is 3. The van der Waals surface area contributed by atoms with Crippen molar-refractivity contribution in [2.45, 2.75) is 31.9 Å². The van der Waals surface area contributed by atoms with Gasteiger partial charge in [0.05, 0.1) is 6.10 Å². The number of aliphatic hydroxyl groups is 1. The summed E-state index contributed by atoms with van der Waals surface area (Å²) in [5.74, 6) is 1.90. The molecule has 1 aliphatic carbocycles. The van der Waals surface area contributed by atoms with Crippen molar-refractivity contribution < 1.29 is 24.1 Å². The Morgan fingerprint density at radius 3 is 3.04 bits per heavy atom. The summed E-state index contributed by atoms with van der Waals surface area (Å²) in [6, 6.07) is 11.2. The average molecular weight is 355 g/mol. The molecule has 2 aliphatic rings. The van der Waals surface area contributed by atoms with Crippen LogP contribution < -0.4 is 19.5 Å². The smallest absolute Gasteiger partial charge is 0.258 e. The van der Waals surface area contributed by atoms with Gasteiger partial charge in [-0.3, -0.25) is 4.79 Å². The standard InChI is InChI=1S/C20H21NO5/c22-16-5-1-4-15-14(16)3-2-6-17(15)24-11-20(23)21-10-13-7-8-18-19(9-13)26-12-25-18/h2-3,6-9,16,22H,1,4-5,10-12H2,(H,21,23)/t16-/m1/s1. The maximum absolute atomic E-state index is 12.1. The molecule has 0 bridgehead atoms. The van der Waals surface area contributed by atoms with Gasteiger partial charge in [0.1, 0.15) is 5.75 Å². The molecule has 2 N–H and O–H groups in total. The Hall–Kier alpha value is -2.73. The van der Waals surface area contributed by atoms with Crippen molar-refractivity contribution in [3.63, 3.8) is 0 Å². The van der Waals surface area contributed by atoms with E-state index < -0.39 is 6.10 Å². The fourth-order valence-corrected chi connectivity index (χ4v) is 3.37. The van der Waals surface area contributed by atoms with Crippen LogP contribution in [-0.4, -0.2) is 24.4 Å². The van der Waals surface area contributed by atoms with Crippen LogP contribution >= 0.6 is 0 Å². The highest BCUT2D eigenvalue weighted by Crippen LogP contribution is 2.35. The summed E-state index contributed by atoms with van der Waals surface area (Å²) in [5.41, 5.74) is 2.85. The molecule has 0 saturated heterocycles. The highest BCUT2D eigenvalue weighted by atomic mass is 16.7. The highest BCUT2D eigenvalue weighted by molar-refractivity contribution is 5.77. The molecule has 1 aliphatic heterocycles.